The number of benzene rings is 2. The van der Waals surface area contributed by atoms with E-state index in [1.807, 2.05) is 42.5 Å². The van der Waals surface area contributed by atoms with E-state index in [0.29, 0.717) is 11.6 Å². The first-order valence-electron chi connectivity index (χ1n) is 7.89. The zero-order valence-electron chi connectivity index (χ0n) is 13.5. The molecule has 130 valence electrons. The molecule has 2 aromatic rings. The number of carbonyl (C=O) groups excluding carboxylic acids is 2. The summed E-state index contributed by atoms with van der Waals surface area (Å²) in [5.41, 5.74) is 0.760. The second-order valence-electron chi connectivity index (χ2n) is 5.86. The number of hydrogen-bond acceptors (Lipinski definition) is 4. The molecule has 0 aliphatic carbocycles. The van der Waals surface area contributed by atoms with E-state index in [2.05, 4.69) is 5.32 Å². The normalized spacial score (nSPS) is 15.4. The fourth-order valence-corrected chi connectivity index (χ4v) is 3.83. The van der Waals surface area contributed by atoms with Crippen LogP contribution >= 0.6 is 11.8 Å². The van der Waals surface area contributed by atoms with E-state index < -0.39 is 12.0 Å². The van der Waals surface area contributed by atoms with Crippen molar-refractivity contribution in [3.05, 3.63) is 48.0 Å². The predicted octanol–water partition coefficient (Wildman–Crippen LogP) is 2.00. The SMILES string of the molecule is O=C(O)C[C@@H](NC(=O)CN1CSCC1=O)c1cccc2ccccc12. The summed E-state index contributed by atoms with van der Waals surface area (Å²) in [6, 6.07) is 12.6. The number of aliphatic carboxylic acids is 1. The smallest absolute Gasteiger partial charge is 0.305 e. The molecule has 2 amide bonds. The van der Waals surface area contributed by atoms with Gasteiger partial charge in [0.2, 0.25) is 11.8 Å². The summed E-state index contributed by atoms with van der Waals surface area (Å²) >= 11 is 1.46. The minimum absolute atomic E-state index is 0.0489. The third kappa shape index (κ3) is 4.11. The van der Waals surface area contributed by atoms with E-state index in [1.165, 1.54) is 16.7 Å². The first-order chi connectivity index (χ1) is 12.0. The van der Waals surface area contributed by atoms with Crippen molar-refractivity contribution in [1.29, 1.82) is 0 Å². The van der Waals surface area contributed by atoms with Crippen LogP contribution in [0.1, 0.15) is 18.0 Å². The Morgan fingerprint density at radius 1 is 1.20 bits per heavy atom. The standard InChI is InChI=1S/C18H18N2O4S/c21-16(9-20-11-25-10-17(20)22)19-15(8-18(23)24)14-7-3-5-12-4-1-2-6-13(12)14/h1-7,15H,8-11H2,(H,19,21)(H,23,24)/t15-/m1/s1. The van der Waals surface area contributed by atoms with Crippen molar-refractivity contribution in [1.82, 2.24) is 10.2 Å². The van der Waals surface area contributed by atoms with Gasteiger partial charge in [-0.25, -0.2) is 0 Å². The Labute approximate surface area is 149 Å². The monoisotopic (exact) mass is 358 g/mol. The van der Waals surface area contributed by atoms with Gasteiger partial charge < -0.3 is 15.3 Å². The third-order valence-corrected chi connectivity index (χ3v) is 5.02. The minimum atomic E-state index is -0.994. The number of amides is 2. The maximum Gasteiger partial charge on any atom is 0.305 e. The van der Waals surface area contributed by atoms with Crippen molar-refractivity contribution in [2.45, 2.75) is 12.5 Å². The molecule has 2 aromatic carbocycles. The zero-order valence-corrected chi connectivity index (χ0v) is 14.3. The number of hydrogen-bond donors (Lipinski definition) is 2. The number of nitrogens with zero attached hydrogens (tertiary/aromatic N) is 1. The van der Waals surface area contributed by atoms with E-state index in [1.54, 1.807) is 0 Å². The van der Waals surface area contributed by atoms with Crippen LogP contribution in [0.5, 0.6) is 0 Å². The van der Waals surface area contributed by atoms with Gasteiger partial charge in [-0.2, -0.15) is 0 Å². The van der Waals surface area contributed by atoms with Crippen LogP contribution in [0, 0.1) is 0 Å². The Bertz CT molecular complexity index is 818. The second kappa shape index (κ2) is 7.57. The molecule has 0 saturated carbocycles. The summed E-state index contributed by atoms with van der Waals surface area (Å²) in [4.78, 5) is 36.7. The first kappa shape index (κ1) is 17.3. The molecule has 1 aliphatic rings. The molecule has 0 spiro atoms. The van der Waals surface area contributed by atoms with Crippen LogP contribution in [-0.4, -0.2) is 46.0 Å². The molecule has 0 bridgehead atoms. The summed E-state index contributed by atoms with van der Waals surface area (Å²) < 4.78 is 0. The lowest BCUT2D eigenvalue weighted by Gasteiger charge is -2.21. The van der Waals surface area contributed by atoms with Crippen molar-refractivity contribution in [2.75, 3.05) is 18.2 Å². The minimum Gasteiger partial charge on any atom is -0.481 e. The molecule has 7 heteroatoms. The van der Waals surface area contributed by atoms with E-state index >= 15 is 0 Å². The van der Waals surface area contributed by atoms with Gasteiger partial charge in [-0.05, 0) is 16.3 Å². The maximum atomic E-state index is 12.3. The Morgan fingerprint density at radius 3 is 2.68 bits per heavy atom. The number of rotatable bonds is 6. The molecule has 1 heterocycles. The molecule has 6 nitrogen and oxygen atoms in total. The lowest BCUT2D eigenvalue weighted by Crippen LogP contribution is -2.40. The van der Waals surface area contributed by atoms with Crippen LogP contribution < -0.4 is 5.32 Å². The Hall–Kier alpha value is -2.54. The van der Waals surface area contributed by atoms with Gasteiger partial charge in [-0.15, -0.1) is 11.8 Å². The number of thioether (sulfide) groups is 1. The Balaban J connectivity index is 1.82. The van der Waals surface area contributed by atoms with Gasteiger partial charge in [-0.1, -0.05) is 42.5 Å². The van der Waals surface area contributed by atoms with Gasteiger partial charge in [0.25, 0.3) is 0 Å². The average molecular weight is 358 g/mol. The molecule has 1 atom stereocenters. The fraction of sp³-hybridized carbons (Fsp3) is 0.278. The molecule has 0 unspecified atom stereocenters. The molecular formula is C18H18N2O4S. The number of carboxylic acids is 1. The van der Waals surface area contributed by atoms with Gasteiger partial charge in [0.1, 0.15) is 6.54 Å². The second-order valence-corrected chi connectivity index (χ2v) is 6.81. The highest BCUT2D eigenvalue weighted by Crippen LogP contribution is 2.26. The number of fused-ring (bicyclic) bond motifs is 1. The topological polar surface area (TPSA) is 86.7 Å². The summed E-state index contributed by atoms with van der Waals surface area (Å²) in [5, 5.41) is 13.9. The summed E-state index contributed by atoms with van der Waals surface area (Å²) in [6.07, 6.45) is -0.220. The van der Waals surface area contributed by atoms with Gasteiger partial charge in [0.15, 0.2) is 0 Å². The van der Waals surface area contributed by atoms with Crippen LogP contribution in [-0.2, 0) is 14.4 Å². The number of nitrogens with one attached hydrogen (secondary N) is 1. The van der Waals surface area contributed by atoms with Crippen molar-refractivity contribution >= 4 is 40.3 Å². The summed E-state index contributed by atoms with van der Waals surface area (Å²) in [6.45, 7) is -0.0489. The highest BCUT2D eigenvalue weighted by atomic mass is 32.2. The van der Waals surface area contributed by atoms with Crippen LogP contribution in [0.25, 0.3) is 10.8 Å². The third-order valence-electron chi connectivity index (χ3n) is 4.07. The quantitative estimate of drug-likeness (QED) is 0.825. The first-order valence-corrected chi connectivity index (χ1v) is 9.04. The Kier molecular flexibility index (Phi) is 5.23. The Morgan fingerprint density at radius 2 is 1.96 bits per heavy atom. The van der Waals surface area contributed by atoms with Gasteiger partial charge in [0.05, 0.1) is 24.1 Å². The van der Waals surface area contributed by atoms with E-state index in [0.717, 1.165) is 16.3 Å². The van der Waals surface area contributed by atoms with Crippen LogP contribution in [0.3, 0.4) is 0 Å². The molecular weight excluding hydrogens is 340 g/mol. The molecule has 1 aliphatic heterocycles. The highest BCUT2D eigenvalue weighted by molar-refractivity contribution is 8.00. The largest absolute Gasteiger partial charge is 0.481 e. The molecule has 3 rings (SSSR count). The number of carboxylic acid groups (broad SMARTS) is 1. The highest BCUT2D eigenvalue weighted by Gasteiger charge is 2.25. The van der Waals surface area contributed by atoms with Gasteiger partial charge in [0, 0.05) is 0 Å². The molecule has 2 N–H and O–H groups in total. The maximum absolute atomic E-state index is 12.3. The van der Waals surface area contributed by atoms with E-state index in [9.17, 15) is 19.5 Å². The lowest BCUT2D eigenvalue weighted by atomic mass is 9.96. The van der Waals surface area contributed by atoms with E-state index in [-0.39, 0.29) is 24.8 Å². The van der Waals surface area contributed by atoms with Gasteiger partial charge >= 0.3 is 5.97 Å². The van der Waals surface area contributed by atoms with Crippen LogP contribution in [0.2, 0.25) is 0 Å². The van der Waals surface area contributed by atoms with Gasteiger partial charge in [-0.3, -0.25) is 14.4 Å². The van der Waals surface area contributed by atoms with Crippen molar-refractivity contribution in [3.8, 4) is 0 Å². The average Bonchev–Trinajstić information content (AvgIpc) is 2.98. The lowest BCUT2D eigenvalue weighted by molar-refractivity contribution is -0.138. The molecule has 1 fully saturated rings. The van der Waals surface area contributed by atoms with Crippen molar-refractivity contribution in [2.24, 2.45) is 0 Å². The molecule has 25 heavy (non-hydrogen) atoms. The predicted molar refractivity (Wildman–Crippen MR) is 96.1 cm³/mol. The zero-order chi connectivity index (χ0) is 17.8. The van der Waals surface area contributed by atoms with E-state index in [4.69, 9.17) is 0 Å². The van der Waals surface area contributed by atoms with Crippen molar-refractivity contribution in [3.63, 3.8) is 0 Å². The summed E-state index contributed by atoms with van der Waals surface area (Å²) in [5.74, 6) is -0.541. The van der Waals surface area contributed by atoms with Crippen LogP contribution in [0.15, 0.2) is 42.5 Å². The number of carbonyl (C=O) groups is 3. The molecule has 1 saturated heterocycles. The van der Waals surface area contributed by atoms with Crippen molar-refractivity contribution < 1.29 is 19.5 Å². The fourth-order valence-electron chi connectivity index (χ4n) is 2.92. The molecule has 0 radical (unpaired) electrons. The molecule has 0 aromatic heterocycles. The summed E-state index contributed by atoms with van der Waals surface area (Å²) in [7, 11) is 0. The van der Waals surface area contributed by atoms with Crippen LogP contribution in [0.4, 0.5) is 0 Å².